The minimum Gasteiger partial charge on any atom is -0.378 e. The predicted octanol–water partition coefficient (Wildman–Crippen LogP) is 2.67. The van der Waals surface area contributed by atoms with Crippen LogP contribution in [0.5, 0.6) is 0 Å². The van der Waals surface area contributed by atoms with Crippen molar-refractivity contribution in [3.05, 3.63) is 74.6 Å². The van der Waals surface area contributed by atoms with Gasteiger partial charge in [-0.05, 0) is 40.4 Å². The molecule has 0 spiro atoms. The Morgan fingerprint density at radius 2 is 1.93 bits per heavy atom. The Morgan fingerprint density at radius 3 is 2.59 bits per heavy atom. The predicted molar refractivity (Wildman–Crippen MR) is 104 cm³/mol. The van der Waals surface area contributed by atoms with Gasteiger partial charge in [0, 0.05) is 10.4 Å². The summed E-state index contributed by atoms with van der Waals surface area (Å²) in [5, 5.41) is 30.6. The van der Waals surface area contributed by atoms with E-state index >= 15 is 0 Å². The molecule has 2 aromatic heterocycles. The minimum atomic E-state index is -1.42. The van der Waals surface area contributed by atoms with E-state index < -0.39 is 17.4 Å². The summed E-state index contributed by atoms with van der Waals surface area (Å²) in [6.07, 6.45) is 0. The third kappa shape index (κ3) is 4.06. The summed E-state index contributed by atoms with van der Waals surface area (Å²) in [5.41, 5.74) is -0.265. The van der Waals surface area contributed by atoms with E-state index in [0.29, 0.717) is 10.4 Å². The highest BCUT2D eigenvalue weighted by Gasteiger charge is 2.34. The van der Waals surface area contributed by atoms with Crippen LogP contribution < -0.4 is 10.6 Å². The van der Waals surface area contributed by atoms with E-state index in [0.717, 1.165) is 0 Å². The molecule has 1 aromatic carbocycles. The summed E-state index contributed by atoms with van der Waals surface area (Å²) in [7, 11) is 0. The molecule has 2 heterocycles. The summed E-state index contributed by atoms with van der Waals surface area (Å²) in [5.74, 6) is -1.80. The van der Waals surface area contributed by atoms with Crippen molar-refractivity contribution in [1.29, 1.82) is 5.26 Å². The van der Waals surface area contributed by atoms with Crippen molar-refractivity contribution in [2.75, 3.05) is 11.9 Å². The van der Waals surface area contributed by atoms with Crippen molar-refractivity contribution in [2.45, 2.75) is 5.60 Å². The number of thiophene rings is 2. The molecule has 0 aliphatic heterocycles. The molecule has 2 amide bonds. The van der Waals surface area contributed by atoms with Crippen LogP contribution in [0.2, 0.25) is 0 Å². The monoisotopic (exact) mass is 397 g/mol. The maximum Gasteiger partial charge on any atom is 0.313 e. The number of carbonyl (C=O) groups is 2. The Bertz CT molecular complexity index is 942. The maximum absolute atomic E-state index is 12.2. The zero-order valence-electron chi connectivity index (χ0n) is 14.0. The first-order valence-electron chi connectivity index (χ1n) is 7.92. The van der Waals surface area contributed by atoms with Gasteiger partial charge in [-0.25, -0.2) is 0 Å². The van der Waals surface area contributed by atoms with Gasteiger partial charge >= 0.3 is 11.8 Å². The highest BCUT2D eigenvalue weighted by atomic mass is 32.1. The summed E-state index contributed by atoms with van der Waals surface area (Å²) in [6.45, 7) is -0.156. The van der Waals surface area contributed by atoms with Gasteiger partial charge in [-0.15, -0.1) is 11.3 Å². The fraction of sp³-hybridized carbons (Fsp3) is 0.105. The van der Waals surface area contributed by atoms with Gasteiger partial charge in [0.25, 0.3) is 0 Å². The molecular weight excluding hydrogens is 382 g/mol. The molecule has 0 fully saturated rings. The van der Waals surface area contributed by atoms with Crippen LogP contribution >= 0.6 is 22.7 Å². The van der Waals surface area contributed by atoms with Crippen molar-refractivity contribution < 1.29 is 14.7 Å². The second-order valence-corrected chi connectivity index (χ2v) is 7.37. The van der Waals surface area contributed by atoms with Crippen LogP contribution in [-0.4, -0.2) is 23.5 Å². The number of rotatable bonds is 5. The van der Waals surface area contributed by atoms with Gasteiger partial charge < -0.3 is 15.7 Å². The average Bonchev–Trinajstić information content (AvgIpc) is 3.40. The fourth-order valence-corrected chi connectivity index (χ4v) is 4.07. The SMILES string of the molecule is N#Cc1ccccc1NC(=O)C(=O)NC[C@@](O)(c1ccsc1)c1cccs1. The first-order chi connectivity index (χ1) is 13.0. The number of nitrogens with one attached hydrogen (secondary N) is 2. The quantitative estimate of drug-likeness (QED) is 0.576. The molecule has 3 rings (SSSR count). The Labute approximate surface area is 163 Å². The minimum absolute atomic E-state index is 0.156. The first kappa shape index (κ1) is 18.8. The highest BCUT2D eigenvalue weighted by molar-refractivity contribution is 7.10. The number of benzene rings is 1. The smallest absolute Gasteiger partial charge is 0.313 e. The number of para-hydroxylation sites is 1. The molecule has 27 heavy (non-hydrogen) atoms. The van der Waals surface area contributed by atoms with Crippen LogP contribution in [0.1, 0.15) is 16.0 Å². The Morgan fingerprint density at radius 1 is 1.11 bits per heavy atom. The molecule has 3 aromatic rings. The second kappa shape index (κ2) is 8.14. The molecule has 8 heteroatoms. The number of carbonyl (C=O) groups excluding carboxylic acids is 2. The van der Waals surface area contributed by atoms with Crippen LogP contribution in [0.15, 0.2) is 58.6 Å². The van der Waals surface area contributed by atoms with Crippen molar-refractivity contribution in [3.8, 4) is 6.07 Å². The van der Waals surface area contributed by atoms with Crippen molar-refractivity contribution in [3.63, 3.8) is 0 Å². The van der Waals surface area contributed by atoms with E-state index in [2.05, 4.69) is 10.6 Å². The zero-order valence-corrected chi connectivity index (χ0v) is 15.6. The van der Waals surface area contributed by atoms with E-state index in [1.807, 2.05) is 22.9 Å². The van der Waals surface area contributed by atoms with Crippen molar-refractivity contribution >= 4 is 40.2 Å². The number of hydrogen-bond donors (Lipinski definition) is 3. The number of amides is 2. The van der Waals surface area contributed by atoms with Crippen LogP contribution in [0.25, 0.3) is 0 Å². The summed E-state index contributed by atoms with van der Waals surface area (Å²) in [6, 6.07) is 13.7. The van der Waals surface area contributed by atoms with Crippen LogP contribution in [0.3, 0.4) is 0 Å². The third-order valence-corrected chi connectivity index (χ3v) is 5.64. The maximum atomic E-state index is 12.2. The standard InChI is InChI=1S/C19H15N3O3S2/c20-10-13-4-1-2-5-15(13)22-18(24)17(23)21-12-19(25,14-7-9-26-11-14)16-6-3-8-27-16/h1-9,11,25H,12H2,(H,21,23)(H,22,24)/t19-/m1/s1. The number of nitrogens with zero attached hydrogens (tertiary/aromatic N) is 1. The van der Waals surface area contributed by atoms with Gasteiger partial charge in [0.1, 0.15) is 11.7 Å². The molecule has 0 unspecified atom stereocenters. The molecule has 3 N–H and O–H groups in total. The lowest BCUT2D eigenvalue weighted by Crippen LogP contribution is -2.44. The van der Waals surface area contributed by atoms with Gasteiger partial charge in [-0.2, -0.15) is 16.6 Å². The molecule has 6 nitrogen and oxygen atoms in total. The fourth-order valence-electron chi connectivity index (χ4n) is 2.50. The normalized spacial score (nSPS) is 12.6. The van der Waals surface area contributed by atoms with Crippen LogP contribution in [-0.2, 0) is 15.2 Å². The van der Waals surface area contributed by atoms with Gasteiger partial charge in [-0.1, -0.05) is 18.2 Å². The van der Waals surface area contributed by atoms with E-state index in [4.69, 9.17) is 5.26 Å². The Balaban J connectivity index is 1.71. The molecule has 0 aliphatic rings. The van der Waals surface area contributed by atoms with Gasteiger partial charge in [0.2, 0.25) is 0 Å². The van der Waals surface area contributed by atoms with Gasteiger partial charge in [0.15, 0.2) is 0 Å². The van der Waals surface area contributed by atoms with E-state index in [1.54, 1.807) is 35.7 Å². The topological polar surface area (TPSA) is 102 Å². The highest BCUT2D eigenvalue weighted by Crippen LogP contribution is 2.33. The average molecular weight is 397 g/mol. The molecule has 1 atom stereocenters. The lowest BCUT2D eigenvalue weighted by Gasteiger charge is -2.26. The second-order valence-electron chi connectivity index (χ2n) is 5.64. The van der Waals surface area contributed by atoms with E-state index in [1.165, 1.54) is 28.7 Å². The molecular formula is C19H15N3O3S2. The van der Waals surface area contributed by atoms with E-state index in [9.17, 15) is 14.7 Å². The van der Waals surface area contributed by atoms with Gasteiger partial charge in [-0.3, -0.25) is 9.59 Å². The third-order valence-electron chi connectivity index (χ3n) is 3.93. The Kier molecular flexibility index (Phi) is 5.66. The number of nitriles is 1. The summed E-state index contributed by atoms with van der Waals surface area (Å²) < 4.78 is 0. The molecule has 0 aliphatic carbocycles. The number of hydrogen-bond acceptors (Lipinski definition) is 6. The largest absolute Gasteiger partial charge is 0.378 e. The molecule has 136 valence electrons. The van der Waals surface area contributed by atoms with E-state index in [-0.39, 0.29) is 17.8 Å². The summed E-state index contributed by atoms with van der Waals surface area (Å²) in [4.78, 5) is 25.0. The zero-order chi connectivity index (χ0) is 19.3. The lowest BCUT2D eigenvalue weighted by molar-refractivity contribution is -0.136. The lowest BCUT2D eigenvalue weighted by atomic mass is 9.94. The first-order valence-corrected chi connectivity index (χ1v) is 9.74. The Hall–Kier alpha value is -2.99. The molecule has 0 radical (unpaired) electrons. The number of aliphatic hydroxyl groups is 1. The van der Waals surface area contributed by atoms with Crippen molar-refractivity contribution in [1.82, 2.24) is 5.32 Å². The van der Waals surface area contributed by atoms with Crippen molar-refractivity contribution in [2.24, 2.45) is 0 Å². The van der Waals surface area contributed by atoms with Crippen LogP contribution in [0.4, 0.5) is 5.69 Å². The van der Waals surface area contributed by atoms with Crippen LogP contribution in [0, 0.1) is 11.3 Å². The number of anilines is 1. The molecule has 0 saturated heterocycles. The van der Waals surface area contributed by atoms with Gasteiger partial charge in [0.05, 0.1) is 17.8 Å². The molecule has 0 bridgehead atoms. The molecule has 0 saturated carbocycles. The summed E-state index contributed by atoms with van der Waals surface area (Å²) >= 11 is 2.79.